The Morgan fingerprint density at radius 1 is 1.25 bits per heavy atom. The molecule has 0 spiro atoms. The van der Waals surface area contributed by atoms with Crippen molar-refractivity contribution in [1.82, 2.24) is 24.6 Å². The first-order valence-corrected chi connectivity index (χ1v) is 8.34. The maximum atomic E-state index is 5.94. The van der Waals surface area contributed by atoms with Crippen LogP contribution in [0.5, 0.6) is 0 Å². The van der Waals surface area contributed by atoms with Gasteiger partial charge in [0.1, 0.15) is 5.69 Å². The minimum Gasteiger partial charge on any atom is -0.419 e. The molecule has 3 heterocycles. The summed E-state index contributed by atoms with van der Waals surface area (Å²) >= 11 is 5.94. The average molecular weight is 344 g/mol. The predicted octanol–water partition coefficient (Wildman–Crippen LogP) is 3.11. The maximum absolute atomic E-state index is 5.94. The van der Waals surface area contributed by atoms with Gasteiger partial charge in [-0.1, -0.05) is 23.7 Å². The van der Waals surface area contributed by atoms with Crippen LogP contribution in [0.4, 0.5) is 0 Å². The maximum Gasteiger partial charge on any atom is 0.265 e. The lowest BCUT2D eigenvalue weighted by Crippen LogP contribution is -2.19. The predicted molar refractivity (Wildman–Crippen MR) is 90.6 cm³/mol. The minimum atomic E-state index is 0.284. The van der Waals surface area contributed by atoms with Crippen LogP contribution in [0, 0.1) is 0 Å². The zero-order valence-electron chi connectivity index (χ0n) is 13.4. The molecule has 7 heteroatoms. The first-order valence-electron chi connectivity index (χ1n) is 7.96. The molecule has 1 unspecified atom stereocenters. The molecule has 1 fully saturated rings. The van der Waals surface area contributed by atoms with Gasteiger partial charge in [-0.05, 0) is 30.7 Å². The lowest BCUT2D eigenvalue weighted by Gasteiger charge is -2.15. The van der Waals surface area contributed by atoms with Gasteiger partial charge in [0.05, 0.1) is 18.4 Å². The van der Waals surface area contributed by atoms with Gasteiger partial charge in [-0.2, -0.15) is 0 Å². The molecule has 0 N–H and O–H groups in total. The largest absolute Gasteiger partial charge is 0.419 e. The quantitative estimate of drug-likeness (QED) is 0.728. The fourth-order valence-corrected chi connectivity index (χ4v) is 3.22. The summed E-state index contributed by atoms with van der Waals surface area (Å²) in [4.78, 5) is 6.49. The number of imidazole rings is 1. The molecule has 0 amide bonds. The monoisotopic (exact) mass is 343 g/mol. The van der Waals surface area contributed by atoms with Crippen molar-refractivity contribution in [2.24, 2.45) is 7.05 Å². The van der Waals surface area contributed by atoms with E-state index < -0.39 is 0 Å². The van der Waals surface area contributed by atoms with Crippen LogP contribution < -0.4 is 0 Å². The van der Waals surface area contributed by atoms with Crippen molar-refractivity contribution in [1.29, 1.82) is 0 Å². The van der Waals surface area contributed by atoms with Crippen molar-refractivity contribution in [3.05, 3.63) is 53.3 Å². The van der Waals surface area contributed by atoms with Crippen molar-refractivity contribution in [2.75, 3.05) is 13.1 Å². The second-order valence-electron chi connectivity index (χ2n) is 6.18. The van der Waals surface area contributed by atoms with Gasteiger partial charge >= 0.3 is 0 Å². The van der Waals surface area contributed by atoms with E-state index in [0.29, 0.717) is 11.8 Å². The number of rotatable bonds is 4. The van der Waals surface area contributed by atoms with Crippen LogP contribution in [0.2, 0.25) is 5.02 Å². The van der Waals surface area contributed by atoms with Gasteiger partial charge in [-0.25, -0.2) is 4.98 Å². The molecule has 1 atom stereocenters. The first kappa shape index (κ1) is 15.4. The number of aryl methyl sites for hydroxylation is 1. The Hall–Kier alpha value is -2.18. The highest BCUT2D eigenvalue weighted by molar-refractivity contribution is 6.30. The van der Waals surface area contributed by atoms with E-state index in [9.17, 15) is 0 Å². The van der Waals surface area contributed by atoms with Crippen LogP contribution in [-0.2, 0) is 13.6 Å². The van der Waals surface area contributed by atoms with Crippen LogP contribution in [-0.4, -0.2) is 37.7 Å². The van der Waals surface area contributed by atoms with Gasteiger partial charge in [-0.3, -0.25) is 4.90 Å². The lowest BCUT2D eigenvalue weighted by atomic mass is 10.1. The summed E-state index contributed by atoms with van der Waals surface area (Å²) in [6.45, 7) is 2.86. The molecule has 1 aliphatic rings. The highest BCUT2D eigenvalue weighted by atomic mass is 35.5. The molecule has 1 saturated heterocycles. The van der Waals surface area contributed by atoms with E-state index in [1.807, 2.05) is 23.7 Å². The van der Waals surface area contributed by atoms with Crippen molar-refractivity contribution in [2.45, 2.75) is 18.9 Å². The SMILES string of the molecule is Cn1cncc1-c1nnc(C2CCN(Cc3ccc(Cl)cc3)C2)o1. The normalized spacial score (nSPS) is 18.3. The minimum absolute atomic E-state index is 0.284. The molecule has 4 rings (SSSR count). The zero-order valence-corrected chi connectivity index (χ0v) is 14.1. The van der Waals surface area contributed by atoms with Crippen LogP contribution in [0.15, 0.2) is 41.2 Å². The third-order valence-electron chi connectivity index (χ3n) is 4.42. The second kappa shape index (κ2) is 6.37. The molecule has 0 saturated carbocycles. The summed E-state index contributed by atoms with van der Waals surface area (Å²) in [5, 5.41) is 9.19. The van der Waals surface area contributed by atoms with E-state index in [4.69, 9.17) is 16.0 Å². The van der Waals surface area contributed by atoms with E-state index in [1.54, 1.807) is 12.5 Å². The molecule has 0 aliphatic carbocycles. The number of likely N-dealkylation sites (tertiary alicyclic amines) is 1. The fourth-order valence-electron chi connectivity index (χ4n) is 3.09. The molecule has 6 nitrogen and oxygen atoms in total. The van der Waals surface area contributed by atoms with Gasteiger partial charge < -0.3 is 8.98 Å². The van der Waals surface area contributed by atoms with E-state index in [2.05, 4.69) is 32.2 Å². The molecular formula is C17H18ClN5O. The molecule has 124 valence electrons. The van der Waals surface area contributed by atoms with Gasteiger partial charge in [-0.15, -0.1) is 10.2 Å². The van der Waals surface area contributed by atoms with Crippen molar-refractivity contribution in [3.63, 3.8) is 0 Å². The smallest absolute Gasteiger partial charge is 0.265 e. The number of benzene rings is 1. The summed E-state index contributed by atoms with van der Waals surface area (Å²) in [6, 6.07) is 8.01. The Balaban J connectivity index is 1.42. The van der Waals surface area contributed by atoms with Gasteiger partial charge in [0.25, 0.3) is 5.89 Å². The van der Waals surface area contributed by atoms with Crippen molar-refractivity contribution >= 4 is 11.6 Å². The topological polar surface area (TPSA) is 60.0 Å². The Kier molecular flexibility index (Phi) is 4.08. The van der Waals surface area contributed by atoms with E-state index in [-0.39, 0.29) is 5.92 Å². The molecule has 1 aliphatic heterocycles. The molecule has 24 heavy (non-hydrogen) atoms. The Labute approximate surface area is 145 Å². The summed E-state index contributed by atoms with van der Waals surface area (Å²) < 4.78 is 7.75. The third-order valence-corrected chi connectivity index (χ3v) is 4.67. The number of halogens is 1. The molecule has 3 aromatic rings. The lowest BCUT2D eigenvalue weighted by molar-refractivity contribution is 0.320. The number of nitrogens with zero attached hydrogens (tertiary/aromatic N) is 5. The number of hydrogen-bond donors (Lipinski definition) is 0. The van der Waals surface area contributed by atoms with E-state index in [0.717, 1.165) is 36.8 Å². The summed E-state index contributed by atoms with van der Waals surface area (Å²) in [7, 11) is 1.91. The summed E-state index contributed by atoms with van der Waals surface area (Å²) in [6.07, 6.45) is 4.49. The Morgan fingerprint density at radius 2 is 2.08 bits per heavy atom. The molecular weight excluding hydrogens is 326 g/mol. The van der Waals surface area contributed by atoms with Gasteiger partial charge in [0.2, 0.25) is 5.89 Å². The van der Waals surface area contributed by atoms with Gasteiger partial charge in [0, 0.05) is 25.2 Å². The molecule has 0 radical (unpaired) electrons. The average Bonchev–Trinajstić information content (AvgIpc) is 3.29. The summed E-state index contributed by atoms with van der Waals surface area (Å²) in [5.74, 6) is 1.53. The molecule has 2 aromatic heterocycles. The highest BCUT2D eigenvalue weighted by Gasteiger charge is 2.28. The fraction of sp³-hybridized carbons (Fsp3) is 0.353. The summed E-state index contributed by atoms with van der Waals surface area (Å²) in [5.41, 5.74) is 2.10. The first-order chi connectivity index (χ1) is 11.7. The van der Waals surface area contributed by atoms with Gasteiger partial charge in [0.15, 0.2) is 0 Å². The Morgan fingerprint density at radius 3 is 2.83 bits per heavy atom. The van der Waals surface area contributed by atoms with Crippen molar-refractivity contribution in [3.8, 4) is 11.6 Å². The second-order valence-corrected chi connectivity index (χ2v) is 6.62. The number of aromatic nitrogens is 4. The van der Waals surface area contributed by atoms with E-state index >= 15 is 0 Å². The third kappa shape index (κ3) is 3.07. The number of hydrogen-bond acceptors (Lipinski definition) is 5. The molecule has 0 bridgehead atoms. The van der Waals surface area contributed by atoms with Crippen LogP contribution in [0.25, 0.3) is 11.6 Å². The zero-order chi connectivity index (χ0) is 16.5. The van der Waals surface area contributed by atoms with Crippen LogP contribution >= 0.6 is 11.6 Å². The van der Waals surface area contributed by atoms with Crippen LogP contribution in [0.3, 0.4) is 0 Å². The van der Waals surface area contributed by atoms with E-state index in [1.165, 1.54) is 5.56 Å². The standard InChI is InChI=1S/C17H18ClN5O/c1-22-11-19-8-15(22)17-21-20-16(24-17)13-6-7-23(10-13)9-12-2-4-14(18)5-3-12/h2-5,8,11,13H,6-7,9-10H2,1H3. The Bertz CT molecular complexity index is 826. The highest BCUT2D eigenvalue weighted by Crippen LogP contribution is 2.29. The molecule has 1 aromatic carbocycles. The van der Waals surface area contributed by atoms with Crippen molar-refractivity contribution < 1.29 is 4.42 Å². The van der Waals surface area contributed by atoms with Crippen LogP contribution in [0.1, 0.15) is 23.8 Å².